The van der Waals surface area contributed by atoms with Gasteiger partial charge in [0.05, 0.1) is 11.4 Å². The molecular weight excluding hydrogens is 523 g/mol. The van der Waals surface area contributed by atoms with E-state index in [-0.39, 0.29) is 59.1 Å². The van der Waals surface area contributed by atoms with Crippen molar-refractivity contribution in [3.63, 3.8) is 0 Å². The van der Waals surface area contributed by atoms with Crippen molar-refractivity contribution in [1.82, 2.24) is 20.9 Å². The Balaban J connectivity index is 1.60. The van der Waals surface area contributed by atoms with Gasteiger partial charge in [-0.05, 0) is 44.8 Å². The lowest BCUT2D eigenvalue weighted by Crippen LogP contribution is -2.44. The third-order valence-electron chi connectivity index (χ3n) is 7.28. The van der Waals surface area contributed by atoms with Crippen LogP contribution in [0.5, 0.6) is 0 Å². The van der Waals surface area contributed by atoms with Gasteiger partial charge in [0.2, 0.25) is 5.91 Å². The van der Waals surface area contributed by atoms with E-state index in [2.05, 4.69) is 32.5 Å². The van der Waals surface area contributed by atoms with Crippen LogP contribution in [0.15, 0.2) is 81.1 Å². The summed E-state index contributed by atoms with van der Waals surface area (Å²) < 4.78 is 41.8. The molecule has 4 rings (SSSR count). The van der Waals surface area contributed by atoms with Crippen LogP contribution in [0.4, 0.5) is 13.2 Å². The lowest BCUT2D eigenvalue weighted by molar-refractivity contribution is -0.130. The second-order valence-corrected chi connectivity index (χ2v) is 10.0. The first-order valence-corrected chi connectivity index (χ1v) is 13.2. The van der Waals surface area contributed by atoms with Crippen LogP contribution in [0.25, 0.3) is 0 Å². The van der Waals surface area contributed by atoms with Crippen LogP contribution in [0.2, 0.25) is 0 Å². The molecule has 2 amide bonds. The number of aliphatic imine (C=N–C) groups is 2. The van der Waals surface area contributed by atoms with Crippen molar-refractivity contribution in [2.75, 3.05) is 13.1 Å². The van der Waals surface area contributed by atoms with Gasteiger partial charge in [-0.15, -0.1) is 0 Å². The Labute approximate surface area is 231 Å². The normalized spacial score (nSPS) is 26.9. The lowest BCUT2D eigenvalue weighted by atomic mass is 9.94. The molecule has 4 aliphatic rings. The van der Waals surface area contributed by atoms with E-state index < -0.39 is 24.3 Å². The fourth-order valence-corrected chi connectivity index (χ4v) is 5.05. The van der Waals surface area contributed by atoms with Crippen molar-refractivity contribution >= 4 is 23.9 Å². The molecule has 0 spiro atoms. The van der Waals surface area contributed by atoms with Crippen LogP contribution in [0.3, 0.4) is 0 Å². The molecule has 1 unspecified atom stereocenters. The van der Waals surface area contributed by atoms with Crippen molar-refractivity contribution in [1.29, 1.82) is 0 Å². The summed E-state index contributed by atoms with van der Waals surface area (Å²) in [6, 6.07) is 0.273. The van der Waals surface area contributed by atoms with E-state index in [1.54, 1.807) is 18.6 Å². The molecule has 5 N–H and O–H groups in total. The van der Waals surface area contributed by atoms with E-state index in [1.165, 1.54) is 13.0 Å². The first kappa shape index (κ1) is 29.1. The Morgan fingerprint density at radius 1 is 1.30 bits per heavy atom. The van der Waals surface area contributed by atoms with E-state index in [1.807, 2.05) is 4.90 Å². The second kappa shape index (κ2) is 12.9. The Morgan fingerprint density at radius 2 is 2.10 bits per heavy atom. The van der Waals surface area contributed by atoms with Gasteiger partial charge in [-0.3, -0.25) is 19.6 Å². The van der Waals surface area contributed by atoms with E-state index >= 15 is 4.39 Å². The summed E-state index contributed by atoms with van der Waals surface area (Å²) in [5.74, 6) is -1.35. The van der Waals surface area contributed by atoms with Crippen LogP contribution in [0.1, 0.15) is 39.0 Å². The van der Waals surface area contributed by atoms with Crippen molar-refractivity contribution in [2.24, 2.45) is 21.6 Å². The number of hydrogen-bond donors (Lipinski definition) is 4. The number of carbonyl (C=O) groups is 2. The highest BCUT2D eigenvalue weighted by molar-refractivity contribution is 6.10. The summed E-state index contributed by atoms with van der Waals surface area (Å²) in [5.41, 5.74) is 6.66. The van der Waals surface area contributed by atoms with Crippen LogP contribution in [-0.4, -0.2) is 60.5 Å². The number of allylic oxidation sites excluding steroid dienone is 3. The molecule has 4 aliphatic heterocycles. The lowest BCUT2D eigenvalue weighted by Gasteiger charge is -2.33. The van der Waals surface area contributed by atoms with Gasteiger partial charge in [-0.2, -0.15) is 0 Å². The molecular formula is C28H34F3N7O2. The Hall–Kier alpha value is -3.93. The van der Waals surface area contributed by atoms with E-state index in [0.29, 0.717) is 18.7 Å². The predicted octanol–water partition coefficient (Wildman–Crippen LogP) is 3.08. The monoisotopic (exact) mass is 557 g/mol. The summed E-state index contributed by atoms with van der Waals surface area (Å²) in [6.45, 7) is 5.82. The zero-order valence-electron chi connectivity index (χ0n) is 22.3. The maximum Gasteiger partial charge on any atom is 0.260 e. The van der Waals surface area contributed by atoms with Crippen LogP contribution >= 0.6 is 0 Å². The van der Waals surface area contributed by atoms with Gasteiger partial charge in [-0.25, -0.2) is 13.2 Å². The molecule has 4 heterocycles. The van der Waals surface area contributed by atoms with E-state index in [0.717, 1.165) is 31.4 Å². The number of nitrogens with two attached hydrogens (primary N) is 1. The first-order chi connectivity index (χ1) is 19.2. The molecule has 12 heteroatoms. The smallest absolute Gasteiger partial charge is 0.260 e. The van der Waals surface area contributed by atoms with Crippen molar-refractivity contribution in [3.8, 4) is 0 Å². The number of alkyl halides is 2. The number of rotatable bonds is 7. The zero-order chi connectivity index (χ0) is 28.8. The number of carbonyl (C=O) groups excluding carboxylic acids is 2. The Kier molecular flexibility index (Phi) is 9.41. The first-order valence-electron chi connectivity index (χ1n) is 13.2. The van der Waals surface area contributed by atoms with Gasteiger partial charge in [0.25, 0.3) is 12.3 Å². The van der Waals surface area contributed by atoms with Gasteiger partial charge in [0.15, 0.2) is 0 Å². The van der Waals surface area contributed by atoms with Gasteiger partial charge in [0, 0.05) is 66.8 Å². The van der Waals surface area contributed by atoms with Crippen molar-refractivity contribution in [3.05, 3.63) is 71.1 Å². The number of piperidine rings is 1. The molecule has 2 fully saturated rings. The highest BCUT2D eigenvalue weighted by atomic mass is 19.3. The molecule has 40 heavy (non-hydrogen) atoms. The average molecular weight is 558 g/mol. The van der Waals surface area contributed by atoms with Crippen molar-refractivity contribution in [2.45, 2.75) is 57.7 Å². The average Bonchev–Trinajstić information content (AvgIpc) is 3.31. The molecule has 0 aromatic carbocycles. The molecule has 0 aliphatic carbocycles. The number of nitrogens with one attached hydrogen (secondary N) is 3. The molecule has 0 bridgehead atoms. The summed E-state index contributed by atoms with van der Waals surface area (Å²) >= 11 is 0. The molecule has 0 aromatic rings. The Morgan fingerprint density at radius 3 is 2.83 bits per heavy atom. The van der Waals surface area contributed by atoms with E-state index in [9.17, 15) is 18.4 Å². The summed E-state index contributed by atoms with van der Waals surface area (Å²) in [4.78, 5) is 35.5. The number of amidine groups is 1. The number of fused-ring (bicyclic) bond motifs is 1. The number of amides is 2. The number of nitrogens with zero attached hydrogens (tertiary/aromatic N) is 3. The van der Waals surface area contributed by atoms with Gasteiger partial charge in [-0.1, -0.05) is 12.7 Å². The molecule has 0 radical (unpaired) electrons. The molecule has 9 nitrogen and oxygen atoms in total. The second-order valence-electron chi connectivity index (χ2n) is 10.0. The summed E-state index contributed by atoms with van der Waals surface area (Å²) in [6.07, 6.45) is 8.28. The fourth-order valence-electron chi connectivity index (χ4n) is 5.05. The quantitative estimate of drug-likeness (QED) is 0.218. The van der Waals surface area contributed by atoms with Gasteiger partial charge in [0.1, 0.15) is 17.8 Å². The SMILES string of the molecule is C=CC(=C(F)\C=C(/C)C(=O)NC1=NCCC(C(F)F)=C1)/C(/N=C/[C@@H]1CC[C@@H]2CCC(=O)N2C1)=C1/NC=CNC1N. The summed E-state index contributed by atoms with van der Waals surface area (Å²) in [5, 5.41) is 8.40. The minimum atomic E-state index is -2.64. The Bertz CT molecular complexity index is 1260. The minimum absolute atomic E-state index is 0.000672. The van der Waals surface area contributed by atoms with Crippen molar-refractivity contribution < 1.29 is 22.8 Å². The molecule has 0 saturated carbocycles. The number of halogens is 3. The highest BCUT2D eigenvalue weighted by Crippen LogP contribution is 2.31. The molecule has 0 aromatic heterocycles. The fraction of sp³-hybridized carbons (Fsp3) is 0.429. The van der Waals surface area contributed by atoms with Crippen LogP contribution in [-0.2, 0) is 9.59 Å². The minimum Gasteiger partial charge on any atom is -0.370 e. The topological polar surface area (TPSA) is 124 Å². The number of dihydropyridines is 1. The maximum absolute atomic E-state index is 15.7. The van der Waals surface area contributed by atoms with Crippen LogP contribution in [0, 0.1) is 5.92 Å². The third-order valence-corrected chi connectivity index (χ3v) is 7.28. The largest absolute Gasteiger partial charge is 0.370 e. The van der Waals surface area contributed by atoms with Gasteiger partial charge >= 0.3 is 0 Å². The van der Waals surface area contributed by atoms with Gasteiger partial charge < -0.3 is 26.6 Å². The number of hydrogen-bond acceptors (Lipinski definition) is 7. The summed E-state index contributed by atoms with van der Waals surface area (Å²) in [7, 11) is 0. The molecule has 214 valence electrons. The van der Waals surface area contributed by atoms with Crippen LogP contribution < -0.4 is 21.7 Å². The van der Waals surface area contributed by atoms with E-state index in [4.69, 9.17) is 5.73 Å². The molecule has 3 atom stereocenters. The predicted molar refractivity (Wildman–Crippen MR) is 148 cm³/mol. The zero-order valence-corrected chi connectivity index (χ0v) is 22.3. The highest BCUT2D eigenvalue weighted by Gasteiger charge is 2.35. The maximum atomic E-state index is 15.7. The standard InChI is InChI=1S/C28H34F3N7O2/c1-3-20(21(29)12-16(2)28(40)37-22-13-18(26(30)31)8-9-33-22)24(25-27(32)35-11-10-34-25)36-14-17-4-5-19-6-7-23(39)38(19)15-17/h3,10-14,17,19,26-27,34-35H,1,4-9,15,32H2,2H3,(H,33,37,40)/b16-12+,21-20-,25-24-,36-14+/t17-,19+,27?/m0/s1. The molecule has 2 saturated heterocycles. The third kappa shape index (κ3) is 6.79.